The minimum atomic E-state index is 0. The molecule has 0 fully saturated rings. The van der Waals surface area contributed by atoms with Crippen molar-refractivity contribution in [2.45, 2.75) is 52.4 Å². The average Bonchev–Trinajstić information content (AvgIpc) is 2.78. The van der Waals surface area contributed by atoms with Gasteiger partial charge in [0.1, 0.15) is 0 Å². The van der Waals surface area contributed by atoms with Crippen LogP contribution in [0, 0.1) is 0 Å². The average molecular weight is 268 g/mol. The van der Waals surface area contributed by atoms with E-state index >= 15 is 0 Å². The van der Waals surface area contributed by atoms with Crippen molar-refractivity contribution in [2.24, 2.45) is 0 Å². The van der Waals surface area contributed by atoms with E-state index in [0.717, 1.165) is 6.42 Å². The molecule has 0 aliphatic heterocycles. The SMILES string of the molecule is C1=Cc2ccccc2C1.CCCCCCC.[Cr]. The summed E-state index contributed by atoms with van der Waals surface area (Å²) < 4.78 is 0. The van der Waals surface area contributed by atoms with Gasteiger partial charge in [0, 0.05) is 17.4 Å². The van der Waals surface area contributed by atoms with Gasteiger partial charge in [-0.3, -0.25) is 0 Å². The second kappa shape index (κ2) is 10.6. The Bertz CT molecular complexity index is 311. The molecule has 0 N–H and O–H groups in total. The molecule has 0 nitrogen and oxygen atoms in total. The van der Waals surface area contributed by atoms with Crippen LogP contribution >= 0.6 is 0 Å². The number of hydrogen-bond donors (Lipinski definition) is 0. The second-order valence-corrected chi connectivity index (χ2v) is 4.37. The van der Waals surface area contributed by atoms with Gasteiger partial charge in [0.15, 0.2) is 0 Å². The first-order valence-corrected chi connectivity index (χ1v) is 6.63. The molecule has 0 spiro atoms. The van der Waals surface area contributed by atoms with Crippen LogP contribution in [0.4, 0.5) is 0 Å². The predicted molar refractivity (Wildman–Crippen MR) is 73.6 cm³/mol. The van der Waals surface area contributed by atoms with Crippen LogP contribution in [0.3, 0.4) is 0 Å². The maximum absolute atomic E-state index is 2.25. The second-order valence-electron chi connectivity index (χ2n) is 4.37. The third-order valence-electron chi connectivity index (χ3n) is 2.90. The van der Waals surface area contributed by atoms with Crippen molar-refractivity contribution in [3.8, 4) is 0 Å². The van der Waals surface area contributed by atoms with Crippen molar-refractivity contribution in [3.63, 3.8) is 0 Å². The molecular weight excluding hydrogens is 244 g/mol. The number of rotatable bonds is 4. The molecule has 1 aromatic carbocycles. The minimum Gasteiger partial charge on any atom is -0.0795 e. The van der Waals surface area contributed by atoms with Gasteiger partial charge in [-0.25, -0.2) is 0 Å². The van der Waals surface area contributed by atoms with Crippen LogP contribution in [-0.2, 0) is 23.8 Å². The predicted octanol–water partition coefficient (Wildman–Crippen LogP) is 5.23. The van der Waals surface area contributed by atoms with Gasteiger partial charge in [0.2, 0.25) is 0 Å². The molecule has 0 atom stereocenters. The summed E-state index contributed by atoms with van der Waals surface area (Å²) in [7, 11) is 0. The summed E-state index contributed by atoms with van der Waals surface area (Å²) in [6, 6.07) is 8.49. The summed E-state index contributed by atoms with van der Waals surface area (Å²) in [6.07, 6.45) is 12.5. The zero-order valence-corrected chi connectivity index (χ0v) is 12.4. The van der Waals surface area contributed by atoms with Gasteiger partial charge in [0.25, 0.3) is 0 Å². The third kappa shape index (κ3) is 6.72. The van der Waals surface area contributed by atoms with Gasteiger partial charge in [-0.15, -0.1) is 0 Å². The molecule has 0 amide bonds. The molecule has 0 heterocycles. The zero-order valence-electron chi connectivity index (χ0n) is 11.1. The van der Waals surface area contributed by atoms with Gasteiger partial charge in [-0.05, 0) is 17.5 Å². The minimum absolute atomic E-state index is 0. The summed E-state index contributed by atoms with van der Waals surface area (Å²) >= 11 is 0. The van der Waals surface area contributed by atoms with Crippen LogP contribution in [0.25, 0.3) is 6.08 Å². The Morgan fingerprint density at radius 2 is 1.59 bits per heavy atom. The van der Waals surface area contributed by atoms with Crippen LogP contribution < -0.4 is 0 Å². The fourth-order valence-corrected chi connectivity index (χ4v) is 1.87. The summed E-state index contributed by atoms with van der Waals surface area (Å²) in [4.78, 5) is 0. The quantitative estimate of drug-likeness (QED) is 0.656. The Morgan fingerprint density at radius 1 is 0.941 bits per heavy atom. The summed E-state index contributed by atoms with van der Waals surface area (Å²) in [6.45, 7) is 4.49. The van der Waals surface area contributed by atoms with Crippen LogP contribution in [-0.4, -0.2) is 0 Å². The molecule has 1 heteroatoms. The van der Waals surface area contributed by atoms with Crippen molar-refractivity contribution in [3.05, 3.63) is 41.5 Å². The number of fused-ring (bicyclic) bond motifs is 1. The summed E-state index contributed by atoms with van der Waals surface area (Å²) in [5.41, 5.74) is 2.84. The Morgan fingerprint density at radius 3 is 2.18 bits per heavy atom. The fraction of sp³-hybridized carbons (Fsp3) is 0.500. The number of hydrogen-bond acceptors (Lipinski definition) is 0. The third-order valence-corrected chi connectivity index (χ3v) is 2.90. The molecule has 0 unspecified atom stereocenters. The normalized spacial score (nSPS) is 11.2. The van der Waals surface area contributed by atoms with Crippen molar-refractivity contribution >= 4 is 6.08 Å². The molecular formula is C16H24Cr. The van der Waals surface area contributed by atoms with E-state index in [2.05, 4.69) is 50.3 Å². The number of allylic oxidation sites excluding steroid dienone is 1. The standard InChI is InChI=1S/C9H8.C7H16.Cr/c1-2-5-9-7-3-6-8(9)4-1;1-3-5-7-6-4-2;/h1-6H,7H2;3-7H2,1-2H3;. The van der Waals surface area contributed by atoms with Crippen LogP contribution in [0.1, 0.15) is 57.1 Å². The van der Waals surface area contributed by atoms with Crippen molar-refractivity contribution < 1.29 is 17.4 Å². The molecule has 1 aliphatic rings. The maximum atomic E-state index is 2.25. The first-order chi connectivity index (χ1) is 7.88. The number of unbranched alkanes of at least 4 members (excludes halogenated alkanes) is 4. The van der Waals surface area contributed by atoms with Crippen LogP contribution in [0.15, 0.2) is 30.3 Å². The Balaban J connectivity index is 0.000000296. The first-order valence-electron chi connectivity index (χ1n) is 6.63. The molecule has 0 saturated heterocycles. The van der Waals surface area contributed by atoms with Crippen LogP contribution in [0.5, 0.6) is 0 Å². The van der Waals surface area contributed by atoms with Crippen molar-refractivity contribution in [1.29, 1.82) is 0 Å². The molecule has 94 valence electrons. The summed E-state index contributed by atoms with van der Waals surface area (Å²) in [5, 5.41) is 0. The smallest absolute Gasteiger partial charge is 0 e. The maximum Gasteiger partial charge on any atom is 0 e. The van der Waals surface area contributed by atoms with E-state index in [1.807, 2.05) is 0 Å². The molecule has 1 aliphatic carbocycles. The molecule has 0 radical (unpaired) electrons. The van der Waals surface area contributed by atoms with E-state index < -0.39 is 0 Å². The van der Waals surface area contributed by atoms with E-state index in [1.165, 1.54) is 43.2 Å². The summed E-state index contributed by atoms with van der Waals surface area (Å²) in [5.74, 6) is 0. The van der Waals surface area contributed by atoms with Gasteiger partial charge >= 0.3 is 0 Å². The van der Waals surface area contributed by atoms with E-state index in [9.17, 15) is 0 Å². The Hall–Kier alpha value is -0.508. The van der Waals surface area contributed by atoms with Crippen LogP contribution in [0.2, 0.25) is 0 Å². The topological polar surface area (TPSA) is 0 Å². The monoisotopic (exact) mass is 268 g/mol. The first kappa shape index (κ1) is 16.5. The Labute approximate surface area is 117 Å². The van der Waals surface area contributed by atoms with E-state index in [-0.39, 0.29) is 17.4 Å². The molecule has 0 aromatic heterocycles. The molecule has 2 rings (SSSR count). The molecule has 1 aromatic rings. The van der Waals surface area contributed by atoms with E-state index in [4.69, 9.17) is 0 Å². The molecule has 17 heavy (non-hydrogen) atoms. The van der Waals surface area contributed by atoms with E-state index in [1.54, 1.807) is 0 Å². The molecule has 0 saturated carbocycles. The Kier molecular flexibility index (Phi) is 10.3. The van der Waals surface area contributed by atoms with E-state index in [0.29, 0.717) is 0 Å². The van der Waals surface area contributed by atoms with Gasteiger partial charge in [-0.1, -0.05) is 82.4 Å². The van der Waals surface area contributed by atoms with Gasteiger partial charge < -0.3 is 0 Å². The zero-order chi connectivity index (χ0) is 11.6. The fourth-order valence-electron chi connectivity index (χ4n) is 1.87. The largest absolute Gasteiger partial charge is 0.0795 e. The van der Waals surface area contributed by atoms with Crippen molar-refractivity contribution in [2.75, 3.05) is 0 Å². The van der Waals surface area contributed by atoms with Gasteiger partial charge in [0.05, 0.1) is 0 Å². The van der Waals surface area contributed by atoms with Crippen molar-refractivity contribution in [1.82, 2.24) is 0 Å². The molecule has 0 bridgehead atoms. The number of benzene rings is 1. The van der Waals surface area contributed by atoms with Gasteiger partial charge in [-0.2, -0.15) is 0 Å².